The second-order valence-electron chi connectivity index (χ2n) is 9.62. The van der Waals surface area contributed by atoms with E-state index in [1.807, 2.05) is 48.0 Å². The lowest BCUT2D eigenvalue weighted by atomic mass is 10.1. The molecule has 0 radical (unpaired) electrons. The molecule has 1 unspecified atom stereocenters. The first-order valence-corrected chi connectivity index (χ1v) is 13.2. The molecule has 2 amide bonds. The first-order valence-electron chi connectivity index (χ1n) is 13.2. The minimum Gasteiger partial charge on any atom is -0.496 e. The lowest BCUT2D eigenvalue weighted by Gasteiger charge is -2.32. The quantitative estimate of drug-likeness (QED) is 0.231. The van der Waals surface area contributed by atoms with Crippen LogP contribution in [0.1, 0.15) is 40.4 Å². The number of amides is 2. The van der Waals surface area contributed by atoms with E-state index in [0.29, 0.717) is 53.5 Å². The van der Waals surface area contributed by atoms with Crippen molar-refractivity contribution in [2.45, 2.75) is 32.4 Å². The van der Waals surface area contributed by atoms with E-state index in [2.05, 4.69) is 28.6 Å². The van der Waals surface area contributed by atoms with Crippen molar-refractivity contribution in [1.82, 2.24) is 30.0 Å². The van der Waals surface area contributed by atoms with Gasteiger partial charge in [-0.15, -0.1) is 0 Å². The van der Waals surface area contributed by atoms with E-state index in [0.717, 1.165) is 29.5 Å². The van der Waals surface area contributed by atoms with Gasteiger partial charge in [0.15, 0.2) is 5.65 Å². The molecule has 0 spiro atoms. The Kier molecular flexibility index (Phi) is 9.08. The Balaban J connectivity index is 0.00000189. The molecule has 5 rings (SSSR count). The summed E-state index contributed by atoms with van der Waals surface area (Å²) < 4.78 is 7.23. The van der Waals surface area contributed by atoms with Crippen molar-refractivity contribution in [3.05, 3.63) is 78.1 Å². The molecule has 4 aromatic rings. The van der Waals surface area contributed by atoms with Crippen molar-refractivity contribution in [2.75, 3.05) is 25.9 Å². The van der Waals surface area contributed by atoms with E-state index >= 15 is 0 Å². The monoisotopic (exact) mass is 554 g/mol. The number of aryl methyl sites for hydroxylation is 1. The van der Waals surface area contributed by atoms with Gasteiger partial charge in [-0.3, -0.25) is 9.59 Å². The Morgan fingerprint density at radius 3 is 2.66 bits per heavy atom. The summed E-state index contributed by atoms with van der Waals surface area (Å²) in [6.07, 6.45) is 4.50. The van der Waals surface area contributed by atoms with Gasteiger partial charge in [-0.25, -0.2) is 14.6 Å². The number of ether oxygens (including phenoxy) is 1. The minimum atomic E-state index is -0.206. The number of rotatable bonds is 7. The van der Waals surface area contributed by atoms with Crippen molar-refractivity contribution in [3.8, 4) is 17.0 Å². The summed E-state index contributed by atoms with van der Waals surface area (Å²) in [5.41, 5.74) is 10.9. The fourth-order valence-electron chi connectivity index (χ4n) is 4.98. The molecule has 11 nitrogen and oxygen atoms in total. The van der Waals surface area contributed by atoms with E-state index in [9.17, 15) is 9.59 Å². The molecule has 212 valence electrons. The largest absolute Gasteiger partial charge is 0.496 e. The van der Waals surface area contributed by atoms with Crippen molar-refractivity contribution >= 4 is 35.4 Å². The molecule has 0 aliphatic carbocycles. The number of piperidine rings is 1. The Bertz CT molecular complexity index is 1560. The Labute approximate surface area is 238 Å². The third-order valence-electron chi connectivity index (χ3n) is 7.03. The van der Waals surface area contributed by atoms with Crippen molar-refractivity contribution in [2.24, 2.45) is 0 Å². The van der Waals surface area contributed by atoms with E-state index in [4.69, 9.17) is 21.0 Å². The van der Waals surface area contributed by atoms with Crippen LogP contribution in [-0.2, 0) is 11.3 Å². The zero-order valence-electron chi connectivity index (χ0n) is 23.3. The lowest BCUT2D eigenvalue weighted by Crippen LogP contribution is -2.40. The fraction of sp³-hybridized carbons (Fsp3) is 0.267. The van der Waals surface area contributed by atoms with E-state index < -0.39 is 0 Å². The zero-order valence-corrected chi connectivity index (χ0v) is 23.3. The number of hydrogen-bond acceptors (Lipinski definition) is 8. The topological polar surface area (TPSA) is 152 Å². The van der Waals surface area contributed by atoms with Crippen LogP contribution in [0.3, 0.4) is 0 Å². The number of anilines is 1. The predicted octanol–water partition coefficient (Wildman–Crippen LogP) is 3.94. The average Bonchev–Trinajstić information content (AvgIpc) is 3.41. The Hall–Kier alpha value is -5.06. The van der Waals surface area contributed by atoms with Gasteiger partial charge < -0.3 is 26.1 Å². The second-order valence-corrected chi connectivity index (χ2v) is 9.62. The summed E-state index contributed by atoms with van der Waals surface area (Å²) in [7, 11) is 1.55. The summed E-state index contributed by atoms with van der Waals surface area (Å²) >= 11 is 0. The predicted molar refractivity (Wildman–Crippen MR) is 159 cm³/mol. The van der Waals surface area contributed by atoms with Gasteiger partial charge in [0, 0.05) is 25.2 Å². The van der Waals surface area contributed by atoms with Crippen LogP contribution < -0.4 is 15.8 Å². The van der Waals surface area contributed by atoms with Gasteiger partial charge in [-0.1, -0.05) is 36.9 Å². The number of nitrogen functional groups attached to an aromatic ring is 1. The number of benzene rings is 2. The first-order chi connectivity index (χ1) is 19.9. The highest BCUT2D eigenvalue weighted by molar-refractivity contribution is 5.98. The number of aromatic nitrogens is 4. The summed E-state index contributed by atoms with van der Waals surface area (Å²) in [5.74, 6) is 0.593. The number of fused-ring (bicyclic) bond motifs is 1. The summed E-state index contributed by atoms with van der Waals surface area (Å²) in [4.78, 5) is 35.5. The highest BCUT2D eigenvalue weighted by Crippen LogP contribution is 2.34. The molecule has 41 heavy (non-hydrogen) atoms. The van der Waals surface area contributed by atoms with Gasteiger partial charge in [0.05, 0.1) is 24.1 Å². The number of carbonyl (C=O) groups is 2. The van der Waals surface area contributed by atoms with Crippen LogP contribution in [0.15, 0.2) is 61.4 Å². The zero-order chi connectivity index (χ0) is 29.5. The Morgan fingerprint density at radius 1 is 1.20 bits per heavy atom. The number of likely N-dealkylation sites (tertiary alicyclic amines) is 1. The van der Waals surface area contributed by atoms with Gasteiger partial charge in [0.2, 0.25) is 5.91 Å². The van der Waals surface area contributed by atoms with Crippen molar-refractivity contribution < 1.29 is 14.3 Å². The summed E-state index contributed by atoms with van der Waals surface area (Å²) in [6.45, 7) is 9.64. The third-order valence-corrected chi connectivity index (χ3v) is 7.03. The molecular formula is C30H34N8O3. The van der Waals surface area contributed by atoms with E-state index in [1.165, 1.54) is 12.4 Å². The summed E-state index contributed by atoms with van der Waals surface area (Å²) in [5, 5.41) is 14.1. The van der Waals surface area contributed by atoms with E-state index in [1.54, 1.807) is 18.1 Å². The highest BCUT2D eigenvalue weighted by Gasteiger charge is 2.28. The highest BCUT2D eigenvalue weighted by atomic mass is 16.5. The summed E-state index contributed by atoms with van der Waals surface area (Å²) in [6, 6.07) is 13.2. The number of nitrogens with one attached hydrogen (secondary N) is 2. The Morgan fingerprint density at radius 2 is 1.95 bits per heavy atom. The number of hydrogen-bond donors (Lipinski definition) is 3. The molecule has 1 saturated heterocycles. The number of carbonyl (C=O) groups excluding carboxylic acids is 2. The van der Waals surface area contributed by atoms with Crippen LogP contribution in [0.5, 0.6) is 5.75 Å². The average molecular weight is 555 g/mol. The molecule has 1 atom stereocenters. The molecule has 2 aromatic heterocycles. The second kappa shape index (κ2) is 12.9. The molecule has 1 fully saturated rings. The van der Waals surface area contributed by atoms with Gasteiger partial charge >= 0.3 is 0 Å². The number of nitrogens with two attached hydrogens (primary N) is 1. The van der Waals surface area contributed by atoms with Gasteiger partial charge in [0.1, 0.15) is 23.6 Å². The molecule has 0 saturated carbocycles. The number of methoxy groups -OCH3 is 1. The maximum atomic E-state index is 12.8. The standard InChI is InChI=1S/C29H31N7O3.CH3N/c1-4-24(37)35-13-5-6-21(16-35)36-28-25(27(30)32-17-33-28)26(34-36)20-10-8-19(9-11-20)15-31-29(38)22-12-7-18(2)14-23(22)39-3;1-2/h4,7-12,14,17,21H,1,5-6,13,15-16H2,2-3H3,(H,31,38)(H2,30,32,33);2H,1H2. The maximum absolute atomic E-state index is 12.8. The minimum absolute atomic E-state index is 0.0403. The fourth-order valence-corrected chi connectivity index (χ4v) is 4.98. The molecule has 3 heterocycles. The SMILES string of the molecule is C=CC(=O)N1CCCC(n2nc(-c3ccc(CNC(=O)c4ccc(C)cc4OC)cc3)c3c(N)ncnc32)C1.C=N. The smallest absolute Gasteiger partial charge is 0.255 e. The molecule has 0 bridgehead atoms. The van der Waals surface area contributed by atoms with Gasteiger partial charge in [-0.2, -0.15) is 5.10 Å². The molecule has 1 aliphatic heterocycles. The maximum Gasteiger partial charge on any atom is 0.255 e. The van der Waals surface area contributed by atoms with Crippen LogP contribution in [0.2, 0.25) is 0 Å². The van der Waals surface area contributed by atoms with Crippen LogP contribution in [-0.4, -0.2) is 63.4 Å². The van der Waals surface area contributed by atoms with E-state index in [-0.39, 0.29) is 17.9 Å². The van der Waals surface area contributed by atoms with Crippen LogP contribution in [0.25, 0.3) is 22.3 Å². The van der Waals surface area contributed by atoms with Crippen molar-refractivity contribution in [3.63, 3.8) is 0 Å². The molecule has 4 N–H and O–H groups in total. The van der Waals surface area contributed by atoms with Crippen LogP contribution in [0.4, 0.5) is 5.82 Å². The van der Waals surface area contributed by atoms with Crippen LogP contribution in [0, 0.1) is 12.3 Å². The molecule has 2 aromatic carbocycles. The van der Waals surface area contributed by atoms with Gasteiger partial charge in [-0.05, 0) is 55.8 Å². The molecule has 1 aliphatic rings. The van der Waals surface area contributed by atoms with Gasteiger partial charge in [0.25, 0.3) is 5.91 Å². The van der Waals surface area contributed by atoms with Crippen LogP contribution >= 0.6 is 0 Å². The number of nitrogens with zero attached hydrogens (tertiary/aromatic N) is 5. The first kappa shape index (κ1) is 28.9. The normalized spacial score (nSPS) is 14.6. The lowest BCUT2D eigenvalue weighted by molar-refractivity contribution is -0.127. The third kappa shape index (κ3) is 6.08. The molecular weight excluding hydrogens is 520 g/mol. The molecule has 11 heteroatoms. The van der Waals surface area contributed by atoms with Crippen molar-refractivity contribution in [1.29, 1.82) is 5.41 Å².